The quantitative estimate of drug-likeness (QED) is 0.770. The standard InChI is InChI=1S/C15H21NO/c1-7-8(2)10(4)15-13(9(7)3)11(5)14(16-15)12(6)17/h12,16-17H,1-6H3. The first-order chi connectivity index (χ1) is 7.86. The Labute approximate surface area is 103 Å². The fraction of sp³-hybridized carbons (Fsp3) is 0.467. The first-order valence-corrected chi connectivity index (χ1v) is 6.12. The number of hydrogen-bond donors (Lipinski definition) is 2. The van der Waals surface area contributed by atoms with Gasteiger partial charge in [0.1, 0.15) is 0 Å². The molecule has 2 rings (SSSR count). The van der Waals surface area contributed by atoms with Gasteiger partial charge in [-0.05, 0) is 69.4 Å². The zero-order valence-corrected chi connectivity index (χ0v) is 11.5. The first-order valence-electron chi connectivity index (χ1n) is 6.12. The van der Waals surface area contributed by atoms with E-state index in [1.807, 2.05) is 6.92 Å². The largest absolute Gasteiger partial charge is 0.387 e. The lowest BCUT2D eigenvalue weighted by Gasteiger charge is -2.11. The minimum atomic E-state index is -0.443. The van der Waals surface area contributed by atoms with E-state index in [1.165, 1.54) is 38.7 Å². The first kappa shape index (κ1) is 12.2. The van der Waals surface area contributed by atoms with Gasteiger partial charge in [-0.3, -0.25) is 0 Å². The number of nitrogens with one attached hydrogen (secondary N) is 1. The van der Waals surface area contributed by atoms with E-state index >= 15 is 0 Å². The average molecular weight is 231 g/mol. The van der Waals surface area contributed by atoms with E-state index in [2.05, 4.69) is 39.6 Å². The van der Waals surface area contributed by atoms with Crippen molar-refractivity contribution < 1.29 is 5.11 Å². The van der Waals surface area contributed by atoms with Crippen molar-refractivity contribution >= 4 is 10.9 Å². The Morgan fingerprint density at radius 3 is 1.88 bits per heavy atom. The van der Waals surface area contributed by atoms with Gasteiger partial charge < -0.3 is 10.1 Å². The third kappa shape index (κ3) is 1.59. The van der Waals surface area contributed by atoms with Gasteiger partial charge in [0.2, 0.25) is 0 Å². The van der Waals surface area contributed by atoms with Gasteiger partial charge in [-0.2, -0.15) is 0 Å². The molecular weight excluding hydrogens is 210 g/mol. The van der Waals surface area contributed by atoms with Crippen LogP contribution in [0.5, 0.6) is 0 Å². The van der Waals surface area contributed by atoms with Gasteiger partial charge in [0.15, 0.2) is 0 Å². The van der Waals surface area contributed by atoms with E-state index in [-0.39, 0.29) is 0 Å². The number of aryl methyl sites for hydroxylation is 3. The summed E-state index contributed by atoms with van der Waals surface area (Å²) in [5.74, 6) is 0. The Hall–Kier alpha value is -1.28. The molecule has 1 atom stereocenters. The van der Waals surface area contributed by atoms with E-state index in [0.29, 0.717) is 0 Å². The molecule has 1 aromatic heterocycles. The predicted molar refractivity (Wildman–Crippen MR) is 72.6 cm³/mol. The summed E-state index contributed by atoms with van der Waals surface area (Å²) in [5.41, 5.74) is 8.61. The van der Waals surface area contributed by atoms with Gasteiger partial charge >= 0.3 is 0 Å². The molecule has 1 heterocycles. The predicted octanol–water partition coefficient (Wildman–Crippen LogP) is 3.76. The molecule has 0 saturated heterocycles. The average Bonchev–Trinajstić information content (AvgIpc) is 2.62. The number of aromatic nitrogens is 1. The number of aliphatic hydroxyl groups excluding tert-OH is 1. The molecule has 0 bridgehead atoms. The Bertz CT molecular complexity index is 591. The highest BCUT2D eigenvalue weighted by molar-refractivity contribution is 5.92. The molecule has 0 fully saturated rings. The fourth-order valence-electron chi connectivity index (χ4n) is 2.72. The summed E-state index contributed by atoms with van der Waals surface area (Å²) < 4.78 is 0. The van der Waals surface area contributed by atoms with Gasteiger partial charge in [0.05, 0.1) is 6.10 Å². The smallest absolute Gasteiger partial charge is 0.0912 e. The lowest BCUT2D eigenvalue weighted by molar-refractivity contribution is 0.194. The van der Waals surface area contributed by atoms with Crippen LogP contribution in [-0.4, -0.2) is 10.1 Å². The maximum absolute atomic E-state index is 9.79. The summed E-state index contributed by atoms with van der Waals surface area (Å²) in [6.07, 6.45) is -0.443. The van der Waals surface area contributed by atoms with E-state index in [1.54, 1.807) is 0 Å². The van der Waals surface area contributed by atoms with Crippen molar-refractivity contribution in [2.45, 2.75) is 47.6 Å². The lowest BCUT2D eigenvalue weighted by atomic mass is 9.94. The second-order valence-corrected chi connectivity index (χ2v) is 5.09. The van der Waals surface area contributed by atoms with E-state index in [4.69, 9.17) is 0 Å². The van der Waals surface area contributed by atoms with E-state index < -0.39 is 6.10 Å². The number of fused-ring (bicyclic) bond motifs is 1. The number of rotatable bonds is 1. The van der Waals surface area contributed by atoms with Crippen molar-refractivity contribution in [2.24, 2.45) is 0 Å². The summed E-state index contributed by atoms with van der Waals surface area (Å²) in [4.78, 5) is 3.39. The van der Waals surface area contributed by atoms with Gasteiger partial charge in [-0.15, -0.1) is 0 Å². The Morgan fingerprint density at radius 1 is 0.824 bits per heavy atom. The molecule has 2 nitrogen and oxygen atoms in total. The summed E-state index contributed by atoms with van der Waals surface area (Å²) in [7, 11) is 0. The Kier molecular flexibility index (Phi) is 2.78. The fourth-order valence-corrected chi connectivity index (χ4v) is 2.72. The molecule has 0 spiro atoms. The number of aliphatic hydroxyl groups is 1. The number of aromatic amines is 1. The second-order valence-electron chi connectivity index (χ2n) is 5.09. The van der Waals surface area contributed by atoms with Crippen LogP contribution in [0, 0.1) is 34.6 Å². The molecule has 0 radical (unpaired) electrons. The number of H-pyrrole nitrogens is 1. The van der Waals surface area contributed by atoms with E-state index in [9.17, 15) is 5.11 Å². The van der Waals surface area contributed by atoms with Crippen molar-refractivity contribution in [2.75, 3.05) is 0 Å². The summed E-state index contributed by atoms with van der Waals surface area (Å²) in [6.45, 7) is 12.5. The van der Waals surface area contributed by atoms with Gasteiger partial charge in [-0.1, -0.05) is 0 Å². The van der Waals surface area contributed by atoms with Crippen LogP contribution in [0.25, 0.3) is 10.9 Å². The molecular formula is C15H21NO. The molecule has 2 heteroatoms. The molecule has 0 amide bonds. The molecule has 92 valence electrons. The molecule has 0 aliphatic heterocycles. The van der Waals surface area contributed by atoms with Crippen molar-refractivity contribution in [3.8, 4) is 0 Å². The van der Waals surface area contributed by atoms with Crippen LogP contribution < -0.4 is 0 Å². The monoisotopic (exact) mass is 231 g/mol. The minimum Gasteiger partial charge on any atom is -0.387 e. The zero-order chi connectivity index (χ0) is 12.9. The molecule has 2 aromatic rings. The van der Waals surface area contributed by atoms with Gasteiger partial charge in [0, 0.05) is 16.6 Å². The molecule has 0 aliphatic carbocycles. The van der Waals surface area contributed by atoms with Crippen molar-refractivity contribution in [1.29, 1.82) is 0 Å². The van der Waals surface area contributed by atoms with Crippen LogP contribution in [0.4, 0.5) is 0 Å². The van der Waals surface area contributed by atoms with Crippen LogP contribution in [0.15, 0.2) is 0 Å². The van der Waals surface area contributed by atoms with Crippen molar-refractivity contribution in [1.82, 2.24) is 4.98 Å². The molecule has 0 saturated carbocycles. The molecule has 17 heavy (non-hydrogen) atoms. The van der Waals surface area contributed by atoms with Gasteiger partial charge in [-0.25, -0.2) is 0 Å². The van der Waals surface area contributed by atoms with Crippen LogP contribution in [0.3, 0.4) is 0 Å². The maximum Gasteiger partial charge on any atom is 0.0912 e. The van der Waals surface area contributed by atoms with Crippen molar-refractivity contribution in [3.05, 3.63) is 33.5 Å². The van der Waals surface area contributed by atoms with Gasteiger partial charge in [0.25, 0.3) is 0 Å². The normalized spacial score (nSPS) is 13.4. The Balaban J connectivity index is 2.97. The Morgan fingerprint density at radius 2 is 1.35 bits per heavy atom. The third-order valence-corrected chi connectivity index (χ3v) is 4.14. The maximum atomic E-state index is 9.79. The highest BCUT2D eigenvalue weighted by Crippen LogP contribution is 2.34. The zero-order valence-electron chi connectivity index (χ0n) is 11.5. The van der Waals surface area contributed by atoms with E-state index in [0.717, 1.165) is 5.69 Å². The topological polar surface area (TPSA) is 36.0 Å². The highest BCUT2D eigenvalue weighted by Gasteiger charge is 2.17. The highest BCUT2D eigenvalue weighted by atomic mass is 16.3. The SMILES string of the molecule is Cc1c(C)c(C)c2c(C)c(C(C)O)[nH]c2c1C. The van der Waals surface area contributed by atoms with Crippen LogP contribution in [-0.2, 0) is 0 Å². The molecule has 1 unspecified atom stereocenters. The second kappa shape index (κ2) is 3.88. The summed E-state index contributed by atoms with van der Waals surface area (Å²) >= 11 is 0. The molecule has 0 aliphatic rings. The number of benzene rings is 1. The number of hydrogen-bond acceptors (Lipinski definition) is 1. The van der Waals surface area contributed by atoms with Crippen LogP contribution in [0.2, 0.25) is 0 Å². The summed E-state index contributed by atoms with van der Waals surface area (Å²) in [5, 5.41) is 11.1. The van der Waals surface area contributed by atoms with Crippen LogP contribution in [0.1, 0.15) is 46.5 Å². The summed E-state index contributed by atoms with van der Waals surface area (Å²) in [6, 6.07) is 0. The third-order valence-electron chi connectivity index (χ3n) is 4.14. The lowest BCUT2D eigenvalue weighted by Crippen LogP contribution is -1.93. The van der Waals surface area contributed by atoms with Crippen molar-refractivity contribution in [3.63, 3.8) is 0 Å². The van der Waals surface area contributed by atoms with Crippen LogP contribution >= 0.6 is 0 Å². The molecule has 2 N–H and O–H groups in total. The minimum absolute atomic E-state index is 0.443. The molecule has 1 aromatic carbocycles.